The fraction of sp³-hybridized carbons (Fsp3) is 0.939. The summed E-state index contributed by atoms with van der Waals surface area (Å²) in [5, 5.41) is 24.6. The van der Waals surface area contributed by atoms with Gasteiger partial charge in [-0.15, -0.1) is 23.4 Å². The number of likely N-dealkylation sites (N-methyl/N-ethyl adjacent to an activating group) is 1. The number of aliphatic hydroxyl groups excluding tert-OH is 2. The van der Waals surface area contributed by atoms with E-state index in [0.717, 1.165) is 45.1 Å². The molecular weight excluding hydrogens is 588 g/mol. The Morgan fingerprint density at radius 2 is 1.56 bits per heavy atom. The standard InChI is InChI=1S/C33H61ClN2O6S/c1-6-8-9-10-11-12-13-14-15-16-17-18-20-26(37)41-31-29(39)28(38)30(42-33(31)43-5)27(23(3)34)35-32(40)25-21-24(19-7-2)22-36(25)4/h23-25,27-31,33,38-39H,6-22H2,1-5H3,(H,35,40)/t23-,24-,25+,27-,28-,29+,30-,31-,33-/m1/s1. The fourth-order valence-electron chi connectivity index (χ4n) is 6.54. The summed E-state index contributed by atoms with van der Waals surface area (Å²) in [7, 11) is 1.95. The minimum Gasteiger partial charge on any atom is -0.456 e. The van der Waals surface area contributed by atoms with Crippen molar-refractivity contribution >= 4 is 35.2 Å². The zero-order valence-corrected chi connectivity index (χ0v) is 29.1. The third-order valence-electron chi connectivity index (χ3n) is 9.11. The molecule has 2 aliphatic rings. The van der Waals surface area contributed by atoms with Gasteiger partial charge in [0.05, 0.1) is 17.5 Å². The number of carbonyl (C=O) groups excluding carboxylic acids is 2. The SMILES string of the molecule is CCCCCCCCCCCCCCC(=O)O[C@@H]1[C@@H](O)[C@@H](O)[C@@H]([C@H](NC(=O)[C@@H]2C[C@@H](CCC)CN2C)[C@@H](C)Cl)O[C@@H]1SC. The van der Waals surface area contributed by atoms with Crippen LogP contribution < -0.4 is 5.32 Å². The lowest BCUT2D eigenvalue weighted by atomic mass is 9.92. The van der Waals surface area contributed by atoms with Gasteiger partial charge in [0.2, 0.25) is 5.91 Å². The van der Waals surface area contributed by atoms with Gasteiger partial charge in [-0.2, -0.15) is 0 Å². The molecule has 10 heteroatoms. The van der Waals surface area contributed by atoms with Crippen LogP contribution in [-0.2, 0) is 19.1 Å². The molecule has 2 aliphatic heterocycles. The Morgan fingerprint density at radius 1 is 0.977 bits per heavy atom. The van der Waals surface area contributed by atoms with E-state index in [9.17, 15) is 19.8 Å². The molecule has 0 bridgehead atoms. The van der Waals surface area contributed by atoms with E-state index >= 15 is 0 Å². The van der Waals surface area contributed by atoms with Crippen molar-refractivity contribution in [2.45, 2.75) is 171 Å². The van der Waals surface area contributed by atoms with E-state index in [-0.39, 0.29) is 18.4 Å². The van der Waals surface area contributed by atoms with Crippen molar-refractivity contribution in [3.8, 4) is 0 Å². The van der Waals surface area contributed by atoms with E-state index in [2.05, 4.69) is 24.1 Å². The molecule has 0 saturated carbocycles. The molecule has 2 heterocycles. The first-order valence-electron chi connectivity index (χ1n) is 17.0. The van der Waals surface area contributed by atoms with Crippen LogP contribution in [0.5, 0.6) is 0 Å². The van der Waals surface area contributed by atoms with Crippen LogP contribution in [0.3, 0.4) is 0 Å². The molecule has 8 nitrogen and oxygen atoms in total. The fourth-order valence-corrected chi connectivity index (χ4v) is 7.47. The Morgan fingerprint density at radius 3 is 2.09 bits per heavy atom. The lowest BCUT2D eigenvalue weighted by Crippen LogP contribution is -2.65. The maximum absolute atomic E-state index is 13.3. The quantitative estimate of drug-likeness (QED) is 0.0787. The molecule has 252 valence electrons. The molecule has 0 aromatic carbocycles. The second-order valence-electron chi connectivity index (χ2n) is 12.8. The first-order chi connectivity index (χ1) is 20.6. The average Bonchev–Trinajstić information content (AvgIpc) is 3.35. The number of alkyl halides is 1. The van der Waals surface area contributed by atoms with Gasteiger partial charge >= 0.3 is 5.97 Å². The molecule has 0 aromatic heterocycles. The highest BCUT2D eigenvalue weighted by atomic mass is 35.5. The Balaban J connectivity index is 1.79. The molecule has 1 amide bonds. The molecule has 9 atom stereocenters. The van der Waals surface area contributed by atoms with Gasteiger partial charge in [-0.1, -0.05) is 90.9 Å². The molecule has 0 aliphatic carbocycles. The molecule has 0 unspecified atom stereocenters. The molecule has 2 saturated heterocycles. The van der Waals surface area contributed by atoms with E-state index in [1.54, 1.807) is 13.2 Å². The third kappa shape index (κ3) is 13.0. The second kappa shape index (κ2) is 21.3. The van der Waals surface area contributed by atoms with Crippen LogP contribution in [0.4, 0.5) is 0 Å². The van der Waals surface area contributed by atoms with Crippen LogP contribution in [0, 0.1) is 5.92 Å². The first-order valence-corrected chi connectivity index (χ1v) is 18.7. The summed E-state index contributed by atoms with van der Waals surface area (Å²) >= 11 is 7.81. The van der Waals surface area contributed by atoms with E-state index in [1.165, 1.54) is 69.5 Å². The van der Waals surface area contributed by atoms with E-state index in [1.807, 2.05) is 7.05 Å². The number of nitrogens with one attached hydrogen (secondary N) is 1. The number of unbranched alkanes of at least 4 members (excludes halogenated alkanes) is 11. The molecular formula is C33H61ClN2O6S. The zero-order chi connectivity index (χ0) is 31.8. The Hall–Kier alpha value is -0.580. The molecule has 3 N–H and O–H groups in total. The van der Waals surface area contributed by atoms with Gasteiger partial charge in [-0.25, -0.2) is 0 Å². The smallest absolute Gasteiger partial charge is 0.306 e. The molecule has 0 radical (unpaired) electrons. The van der Waals surface area contributed by atoms with Gasteiger partial charge < -0.3 is 25.0 Å². The average molecular weight is 649 g/mol. The highest BCUT2D eigenvalue weighted by Gasteiger charge is 2.50. The summed E-state index contributed by atoms with van der Waals surface area (Å²) < 4.78 is 11.8. The Kier molecular flexibility index (Phi) is 19.1. The second-order valence-corrected chi connectivity index (χ2v) is 14.5. The number of halogens is 1. The van der Waals surface area contributed by atoms with Crippen LogP contribution >= 0.6 is 23.4 Å². The minimum absolute atomic E-state index is 0.152. The van der Waals surface area contributed by atoms with Crippen LogP contribution in [0.1, 0.15) is 124 Å². The largest absolute Gasteiger partial charge is 0.456 e. The summed E-state index contributed by atoms with van der Waals surface area (Å²) in [6.07, 6.45) is 14.8. The molecule has 2 fully saturated rings. The maximum Gasteiger partial charge on any atom is 0.306 e. The predicted molar refractivity (Wildman–Crippen MR) is 176 cm³/mol. The van der Waals surface area contributed by atoms with Crippen molar-refractivity contribution in [2.75, 3.05) is 19.8 Å². The van der Waals surface area contributed by atoms with Gasteiger partial charge in [0.1, 0.15) is 23.7 Å². The monoisotopic (exact) mass is 648 g/mol. The van der Waals surface area contributed by atoms with Gasteiger partial charge in [0.25, 0.3) is 0 Å². The number of esters is 1. The van der Waals surface area contributed by atoms with Crippen molar-refractivity contribution in [3.05, 3.63) is 0 Å². The number of rotatable bonds is 21. The van der Waals surface area contributed by atoms with Gasteiger partial charge in [-0.3, -0.25) is 14.5 Å². The third-order valence-corrected chi connectivity index (χ3v) is 10.2. The lowest BCUT2D eigenvalue weighted by Gasteiger charge is -2.45. The maximum atomic E-state index is 13.3. The Labute approximate surface area is 270 Å². The van der Waals surface area contributed by atoms with Crippen molar-refractivity contribution in [3.63, 3.8) is 0 Å². The van der Waals surface area contributed by atoms with E-state index in [4.69, 9.17) is 21.1 Å². The first kappa shape index (κ1) is 38.6. The number of thioether (sulfide) groups is 1. The van der Waals surface area contributed by atoms with Crippen molar-refractivity contribution in [1.29, 1.82) is 0 Å². The number of carbonyl (C=O) groups is 2. The van der Waals surface area contributed by atoms with Crippen molar-refractivity contribution in [1.82, 2.24) is 10.2 Å². The number of aliphatic hydroxyl groups is 2. The summed E-state index contributed by atoms with van der Waals surface area (Å²) in [6.45, 7) is 7.00. The van der Waals surface area contributed by atoms with Crippen molar-refractivity contribution < 1.29 is 29.3 Å². The topological polar surface area (TPSA) is 108 Å². The van der Waals surface area contributed by atoms with Gasteiger partial charge in [-0.05, 0) is 45.4 Å². The summed E-state index contributed by atoms with van der Waals surface area (Å²) in [5.41, 5.74) is -0.702. The number of hydrogen-bond donors (Lipinski definition) is 3. The van der Waals surface area contributed by atoms with Gasteiger partial charge in [0, 0.05) is 13.0 Å². The Bertz CT molecular complexity index is 790. The zero-order valence-electron chi connectivity index (χ0n) is 27.5. The van der Waals surface area contributed by atoms with Crippen LogP contribution in [0.15, 0.2) is 0 Å². The summed E-state index contributed by atoms with van der Waals surface area (Å²) in [5.74, 6) is -0.0753. The number of amides is 1. The number of ether oxygens (including phenoxy) is 2. The number of nitrogens with zero attached hydrogens (tertiary/aromatic N) is 1. The molecule has 43 heavy (non-hydrogen) atoms. The highest BCUT2D eigenvalue weighted by molar-refractivity contribution is 7.99. The summed E-state index contributed by atoms with van der Waals surface area (Å²) in [4.78, 5) is 28.0. The molecule has 0 spiro atoms. The number of likely N-dealkylation sites (tertiary alicyclic amines) is 1. The minimum atomic E-state index is -1.38. The highest BCUT2D eigenvalue weighted by Crippen LogP contribution is 2.33. The number of hydrogen-bond acceptors (Lipinski definition) is 8. The van der Waals surface area contributed by atoms with Crippen molar-refractivity contribution in [2.24, 2.45) is 5.92 Å². The molecule has 2 rings (SSSR count). The van der Waals surface area contributed by atoms with E-state index < -0.39 is 47.2 Å². The summed E-state index contributed by atoms with van der Waals surface area (Å²) in [6, 6.07) is -1.00. The van der Waals surface area contributed by atoms with Crippen LogP contribution in [-0.4, -0.2) is 94.2 Å². The van der Waals surface area contributed by atoms with E-state index in [0.29, 0.717) is 5.92 Å². The molecule has 0 aromatic rings. The van der Waals surface area contributed by atoms with Crippen LogP contribution in [0.25, 0.3) is 0 Å². The predicted octanol–water partition coefficient (Wildman–Crippen LogP) is 6.03. The van der Waals surface area contributed by atoms with Gasteiger partial charge in [0.15, 0.2) is 6.10 Å². The lowest BCUT2D eigenvalue weighted by molar-refractivity contribution is -0.218. The van der Waals surface area contributed by atoms with Crippen LogP contribution in [0.2, 0.25) is 0 Å². The normalized spacial score (nSPS) is 29.3.